The van der Waals surface area contributed by atoms with Crippen LogP contribution < -0.4 is 10.6 Å². The topological polar surface area (TPSA) is 66.9 Å². The highest BCUT2D eigenvalue weighted by Crippen LogP contribution is 2.15. The molecule has 2 N–H and O–H groups in total. The molecule has 0 fully saturated rings. The number of halogens is 2. The van der Waals surface area contributed by atoms with E-state index in [0.717, 1.165) is 25.1 Å². The van der Waals surface area contributed by atoms with Crippen LogP contribution in [-0.4, -0.2) is 22.4 Å². The summed E-state index contributed by atoms with van der Waals surface area (Å²) in [5, 5.41) is 5.43. The predicted molar refractivity (Wildman–Crippen MR) is 84.3 cm³/mol. The second-order valence-corrected chi connectivity index (χ2v) is 5.47. The van der Waals surface area contributed by atoms with Crippen LogP contribution in [0.1, 0.15) is 30.8 Å². The third-order valence-corrected chi connectivity index (χ3v) is 3.09. The van der Waals surface area contributed by atoms with Crippen LogP contribution >= 0.6 is 0 Å². The molecule has 0 aliphatic heterocycles. The third-order valence-electron chi connectivity index (χ3n) is 3.09. The Hall–Kier alpha value is -2.57. The number of amides is 1. The first-order valence-corrected chi connectivity index (χ1v) is 7.28. The number of carbonyl (C=O) groups excluding carboxylic acids is 1. The Kier molecular flexibility index (Phi) is 5.56. The Morgan fingerprint density at radius 3 is 2.61 bits per heavy atom. The normalized spacial score (nSPS) is 10.7. The lowest BCUT2D eigenvalue weighted by atomic mass is 10.1. The summed E-state index contributed by atoms with van der Waals surface area (Å²) in [4.78, 5) is 20.0. The van der Waals surface area contributed by atoms with Gasteiger partial charge in [-0.05, 0) is 24.5 Å². The van der Waals surface area contributed by atoms with E-state index in [1.807, 2.05) is 0 Å². The van der Waals surface area contributed by atoms with Crippen LogP contribution in [0.15, 0.2) is 30.6 Å². The largest absolute Gasteiger partial charge is 0.369 e. The maximum Gasteiger partial charge on any atom is 0.275 e. The van der Waals surface area contributed by atoms with Gasteiger partial charge >= 0.3 is 0 Å². The van der Waals surface area contributed by atoms with E-state index < -0.39 is 17.5 Å². The molecule has 2 aromatic rings. The number of nitrogens with one attached hydrogen (secondary N) is 2. The minimum atomic E-state index is -0.849. The zero-order chi connectivity index (χ0) is 16.8. The quantitative estimate of drug-likeness (QED) is 0.855. The van der Waals surface area contributed by atoms with Crippen molar-refractivity contribution in [1.82, 2.24) is 9.97 Å². The molecule has 0 aliphatic carbocycles. The average molecular weight is 320 g/mol. The molecule has 0 unspecified atom stereocenters. The summed E-state index contributed by atoms with van der Waals surface area (Å²) < 4.78 is 26.3. The van der Waals surface area contributed by atoms with Crippen molar-refractivity contribution in [2.75, 3.05) is 17.2 Å². The van der Waals surface area contributed by atoms with E-state index in [2.05, 4.69) is 34.4 Å². The van der Waals surface area contributed by atoms with Gasteiger partial charge in [-0.3, -0.25) is 4.79 Å². The summed E-state index contributed by atoms with van der Waals surface area (Å²) in [5.41, 5.74) is -0.0690. The lowest BCUT2D eigenvalue weighted by Gasteiger charge is -2.08. The highest BCUT2D eigenvalue weighted by Gasteiger charge is 2.11. The van der Waals surface area contributed by atoms with Crippen LogP contribution in [-0.2, 0) is 0 Å². The molecule has 0 saturated carbocycles. The van der Waals surface area contributed by atoms with Gasteiger partial charge in [-0.1, -0.05) is 13.8 Å². The van der Waals surface area contributed by atoms with Gasteiger partial charge in [0, 0.05) is 12.6 Å². The van der Waals surface area contributed by atoms with Crippen LogP contribution in [0.3, 0.4) is 0 Å². The van der Waals surface area contributed by atoms with Gasteiger partial charge in [-0.15, -0.1) is 0 Å². The summed E-state index contributed by atoms with van der Waals surface area (Å²) in [6.07, 6.45) is 3.73. The van der Waals surface area contributed by atoms with Crippen molar-refractivity contribution in [3.63, 3.8) is 0 Å². The fourth-order valence-electron chi connectivity index (χ4n) is 1.80. The van der Waals surface area contributed by atoms with Crippen molar-refractivity contribution in [1.29, 1.82) is 0 Å². The molecule has 1 aromatic carbocycles. The number of hydrogen-bond donors (Lipinski definition) is 2. The van der Waals surface area contributed by atoms with Gasteiger partial charge in [-0.2, -0.15) is 0 Å². The van der Waals surface area contributed by atoms with E-state index in [1.54, 1.807) is 0 Å². The first-order valence-electron chi connectivity index (χ1n) is 7.28. The second-order valence-electron chi connectivity index (χ2n) is 5.47. The monoisotopic (exact) mass is 320 g/mol. The van der Waals surface area contributed by atoms with Crippen LogP contribution in [0.25, 0.3) is 0 Å². The molecular formula is C16H18F2N4O. The molecule has 1 amide bonds. The molecule has 122 valence electrons. The molecule has 0 radical (unpaired) electrons. The number of benzene rings is 1. The fraction of sp³-hybridized carbons (Fsp3) is 0.312. The standard InChI is InChI=1S/C16H18F2N4O/c1-10(2)5-6-19-15-9-20-14(8-21-15)16(23)22-13-4-3-11(17)7-12(13)18/h3-4,7-10H,5-6H2,1-2H3,(H,19,21)(H,22,23). The maximum atomic E-state index is 13.5. The number of carbonyl (C=O) groups is 1. The summed E-state index contributed by atoms with van der Waals surface area (Å²) in [6, 6.07) is 2.91. The second kappa shape index (κ2) is 7.62. The van der Waals surface area contributed by atoms with Crippen LogP contribution in [0, 0.1) is 17.6 Å². The molecule has 7 heteroatoms. The molecule has 23 heavy (non-hydrogen) atoms. The Balaban J connectivity index is 1.97. The van der Waals surface area contributed by atoms with Gasteiger partial charge in [0.25, 0.3) is 5.91 Å². The molecule has 0 aliphatic rings. The van der Waals surface area contributed by atoms with Crippen LogP contribution in [0.2, 0.25) is 0 Å². The van der Waals surface area contributed by atoms with Crippen molar-refractivity contribution in [2.24, 2.45) is 5.92 Å². The van der Waals surface area contributed by atoms with Crippen molar-refractivity contribution in [3.8, 4) is 0 Å². The number of aromatic nitrogens is 2. The zero-order valence-corrected chi connectivity index (χ0v) is 12.9. The summed E-state index contributed by atoms with van der Waals surface area (Å²) in [7, 11) is 0. The SMILES string of the molecule is CC(C)CCNc1cnc(C(=O)Nc2ccc(F)cc2F)cn1. The van der Waals surface area contributed by atoms with Crippen molar-refractivity contribution in [2.45, 2.75) is 20.3 Å². The Morgan fingerprint density at radius 1 is 1.22 bits per heavy atom. The smallest absolute Gasteiger partial charge is 0.275 e. The molecule has 0 saturated heterocycles. The number of rotatable bonds is 6. The Labute approximate surface area is 133 Å². The molecule has 1 heterocycles. The maximum absolute atomic E-state index is 13.5. The molecular weight excluding hydrogens is 302 g/mol. The number of hydrogen-bond acceptors (Lipinski definition) is 4. The van der Waals surface area contributed by atoms with E-state index in [0.29, 0.717) is 17.8 Å². The van der Waals surface area contributed by atoms with E-state index in [4.69, 9.17) is 0 Å². The summed E-state index contributed by atoms with van der Waals surface area (Å²) >= 11 is 0. The van der Waals surface area contributed by atoms with Crippen LogP contribution in [0.5, 0.6) is 0 Å². The summed E-state index contributed by atoms with van der Waals surface area (Å²) in [5.74, 6) is -1.03. The van der Waals surface area contributed by atoms with Crippen molar-refractivity contribution < 1.29 is 13.6 Å². The Morgan fingerprint density at radius 2 is 2.00 bits per heavy atom. The highest BCUT2D eigenvalue weighted by molar-refractivity contribution is 6.02. The molecule has 0 atom stereocenters. The summed E-state index contributed by atoms with van der Waals surface area (Å²) in [6.45, 7) is 5.00. The average Bonchev–Trinajstić information content (AvgIpc) is 2.50. The number of nitrogens with zero attached hydrogens (tertiary/aromatic N) is 2. The fourth-order valence-corrected chi connectivity index (χ4v) is 1.80. The Bertz CT molecular complexity index is 674. The molecule has 0 spiro atoms. The first-order chi connectivity index (χ1) is 11.0. The van der Waals surface area contributed by atoms with Gasteiger partial charge in [-0.25, -0.2) is 18.7 Å². The van der Waals surface area contributed by atoms with Crippen molar-refractivity contribution in [3.05, 3.63) is 47.9 Å². The van der Waals surface area contributed by atoms with Gasteiger partial charge in [0.05, 0.1) is 18.1 Å². The number of anilines is 2. The first kappa shape index (κ1) is 16.8. The molecule has 1 aromatic heterocycles. The third kappa shape index (κ3) is 4.98. The lowest BCUT2D eigenvalue weighted by molar-refractivity contribution is 0.102. The minimum absolute atomic E-state index is 0.0446. The van der Waals surface area contributed by atoms with Gasteiger partial charge in [0.15, 0.2) is 0 Å². The molecule has 2 rings (SSSR count). The predicted octanol–water partition coefficient (Wildman–Crippen LogP) is 3.47. The van der Waals surface area contributed by atoms with E-state index in [-0.39, 0.29) is 11.4 Å². The molecule has 5 nitrogen and oxygen atoms in total. The van der Waals surface area contributed by atoms with Crippen LogP contribution in [0.4, 0.5) is 20.3 Å². The van der Waals surface area contributed by atoms with Crippen molar-refractivity contribution >= 4 is 17.4 Å². The highest BCUT2D eigenvalue weighted by atomic mass is 19.1. The van der Waals surface area contributed by atoms with E-state index in [9.17, 15) is 13.6 Å². The van der Waals surface area contributed by atoms with E-state index in [1.165, 1.54) is 12.4 Å². The van der Waals surface area contributed by atoms with Gasteiger partial charge in [0.1, 0.15) is 23.1 Å². The van der Waals surface area contributed by atoms with Gasteiger partial charge in [0.2, 0.25) is 0 Å². The van der Waals surface area contributed by atoms with E-state index >= 15 is 0 Å². The zero-order valence-electron chi connectivity index (χ0n) is 12.9. The molecule has 0 bridgehead atoms. The minimum Gasteiger partial charge on any atom is -0.369 e. The van der Waals surface area contributed by atoms with Gasteiger partial charge < -0.3 is 10.6 Å². The lowest BCUT2D eigenvalue weighted by Crippen LogP contribution is -2.15.